The minimum atomic E-state index is -1.08. The number of nitriles is 1. The first-order valence-corrected chi connectivity index (χ1v) is 11.9. The Labute approximate surface area is 197 Å². The van der Waals surface area contributed by atoms with E-state index in [0.29, 0.717) is 5.56 Å². The molecule has 1 aliphatic carbocycles. The topological polar surface area (TPSA) is 61.8 Å². The molecule has 1 atom stereocenters. The van der Waals surface area contributed by atoms with E-state index in [1.165, 1.54) is 12.0 Å². The molecule has 1 fully saturated rings. The van der Waals surface area contributed by atoms with E-state index >= 15 is 0 Å². The maximum absolute atomic E-state index is 12.2. The zero-order chi connectivity index (χ0) is 23.5. The van der Waals surface area contributed by atoms with Crippen molar-refractivity contribution in [2.75, 3.05) is 14.1 Å². The van der Waals surface area contributed by atoms with Crippen LogP contribution >= 0.6 is 0 Å². The van der Waals surface area contributed by atoms with Gasteiger partial charge in [0.15, 0.2) is 0 Å². The highest BCUT2D eigenvalue weighted by Gasteiger charge is 2.44. The van der Waals surface area contributed by atoms with E-state index in [4.69, 9.17) is 10.2 Å². The number of hydrogen-bond donors (Lipinski definition) is 1. The van der Waals surface area contributed by atoms with Gasteiger partial charge in [-0.05, 0) is 36.5 Å². The molecule has 1 heterocycles. The molecule has 0 saturated heterocycles. The molecule has 0 bridgehead atoms. The minimum Gasteiger partial charge on any atom is -0.377 e. The van der Waals surface area contributed by atoms with Crippen LogP contribution in [0.1, 0.15) is 60.3 Å². The van der Waals surface area contributed by atoms with Gasteiger partial charge in [0.05, 0.1) is 37.6 Å². The summed E-state index contributed by atoms with van der Waals surface area (Å²) in [6.07, 6.45) is 7.54. The van der Waals surface area contributed by atoms with Gasteiger partial charge >= 0.3 is 0 Å². The number of aromatic nitrogens is 2. The summed E-state index contributed by atoms with van der Waals surface area (Å²) in [5.74, 6) is 0.915. The van der Waals surface area contributed by atoms with E-state index in [0.717, 1.165) is 60.3 Å². The molecule has 0 spiro atoms. The van der Waals surface area contributed by atoms with E-state index < -0.39 is 5.60 Å². The monoisotopic (exact) mass is 443 g/mol. The minimum absolute atomic E-state index is 0.170. The standard InChI is InChI=1S/C28H35N4O/c1-31-26(21-32(2,3)20-23-16-14-22(18-29)15-17-23)19-30-27(31)28(33,24-10-6-4-7-11-24)25-12-8-5-9-13-25/h4,6-7,10-11,14-17,19,25,33H,5,8-9,12-13,20-21H2,1-3H3/q+1. The number of imidazole rings is 1. The fraction of sp³-hybridized carbons (Fsp3) is 0.429. The zero-order valence-electron chi connectivity index (χ0n) is 20.0. The summed E-state index contributed by atoms with van der Waals surface area (Å²) in [4.78, 5) is 4.82. The molecule has 1 saturated carbocycles. The van der Waals surface area contributed by atoms with Crippen molar-refractivity contribution in [3.05, 3.63) is 89.0 Å². The van der Waals surface area contributed by atoms with Gasteiger partial charge in [-0.1, -0.05) is 61.7 Å². The SMILES string of the molecule is Cn1c(C[N+](C)(C)Cc2ccc(C#N)cc2)cnc1C(O)(c1ccccc1)C1CCCCC1. The number of nitrogens with zero attached hydrogens (tertiary/aromatic N) is 4. The third-order valence-electron chi connectivity index (χ3n) is 7.12. The van der Waals surface area contributed by atoms with Crippen molar-refractivity contribution < 1.29 is 9.59 Å². The number of rotatable bonds is 7. The largest absolute Gasteiger partial charge is 0.377 e. The smallest absolute Gasteiger partial charge is 0.150 e. The average Bonchev–Trinajstić information content (AvgIpc) is 3.19. The lowest BCUT2D eigenvalue weighted by molar-refractivity contribution is -0.917. The summed E-state index contributed by atoms with van der Waals surface area (Å²) in [6, 6.07) is 20.1. The summed E-state index contributed by atoms with van der Waals surface area (Å²) in [5.41, 5.74) is 2.84. The third kappa shape index (κ3) is 4.88. The molecule has 33 heavy (non-hydrogen) atoms. The summed E-state index contributed by atoms with van der Waals surface area (Å²) < 4.78 is 2.86. The second-order valence-electron chi connectivity index (χ2n) is 10.2. The van der Waals surface area contributed by atoms with Crippen LogP contribution in [-0.2, 0) is 25.7 Å². The van der Waals surface area contributed by atoms with Gasteiger partial charge in [0, 0.05) is 12.6 Å². The highest BCUT2D eigenvalue weighted by molar-refractivity contribution is 5.33. The second kappa shape index (κ2) is 9.51. The predicted molar refractivity (Wildman–Crippen MR) is 130 cm³/mol. The molecule has 172 valence electrons. The molecule has 3 aromatic rings. The van der Waals surface area contributed by atoms with Crippen LogP contribution in [0.25, 0.3) is 0 Å². The van der Waals surface area contributed by atoms with Gasteiger partial charge in [-0.3, -0.25) is 0 Å². The van der Waals surface area contributed by atoms with Crippen LogP contribution in [0.2, 0.25) is 0 Å². The average molecular weight is 444 g/mol. The summed E-state index contributed by atoms with van der Waals surface area (Å²) in [7, 11) is 6.45. The lowest BCUT2D eigenvalue weighted by Gasteiger charge is -2.38. The molecular weight excluding hydrogens is 408 g/mol. The molecule has 2 aromatic carbocycles. The van der Waals surface area contributed by atoms with E-state index in [2.05, 4.69) is 24.7 Å². The van der Waals surface area contributed by atoms with Crippen LogP contribution in [0.5, 0.6) is 0 Å². The molecular formula is C28H35N4O+. The van der Waals surface area contributed by atoms with Gasteiger partial charge in [-0.15, -0.1) is 0 Å². The molecule has 1 aromatic heterocycles. The first-order chi connectivity index (χ1) is 15.8. The number of benzene rings is 2. The zero-order valence-corrected chi connectivity index (χ0v) is 20.0. The van der Waals surface area contributed by atoms with Gasteiger partial charge in [-0.25, -0.2) is 4.98 Å². The molecule has 1 aliphatic rings. The summed E-state index contributed by atoms with van der Waals surface area (Å²) >= 11 is 0. The second-order valence-corrected chi connectivity index (χ2v) is 10.2. The van der Waals surface area contributed by atoms with Gasteiger partial charge in [0.2, 0.25) is 0 Å². The molecule has 1 unspecified atom stereocenters. The Morgan fingerprint density at radius 3 is 2.33 bits per heavy atom. The molecule has 5 nitrogen and oxygen atoms in total. The van der Waals surface area contributed by atoms with Crippen LogP contribution < -0.4 is 0 Å². The highest BCUT2D eigenvalue weighted by Crippen LogP contribution is 2.43. The molecule has 0 amide bonds. The Morgan fingerprint density at radius 1 is 1.03 bits per heavy atom. The quantitative estimate of drug-likeness (QED) is 0.529. The Morgan fingerprint density at radius 2 is 1.70 bits per heavy atom. The first kappa shape index (κ1) is 23.2. The molecule has 4 rings (SSSR count). The van der Waals surface area contributed by atoms with E-state index in [1.807, 2.05) is 67.8 Å². The molecule has 0 aliphatic heterocycles. The van der Waals surface area contributed by atoms with Gasteiger partial charge in [0.1, 0.15) is 24.5 Å². The Balaban J connectivity index is 1.62. The van der Waals surface area contributed by atoms with E-state index in [1.54, 1.807) is 0 Å². The van der Waals surface area contributed by atoms with Gasteiger partial charge in [0.25, 0.3) is 0 Å². The highest BCUT2D eigenvalue weighted by atomic mass is 16.3. The normalized spacial score (nSPS) is 16.8. The van der Waals surface area contributed by atoms with Crippen molar-refractivity contribution in [1.82, 2.24) is 9.55 Å². The van der Waals surface area contributed by atoms with Crippen molar-refractivity contribution >= 4 is 0 Å². The van der Waals surface area contributed by atoms with Crippen molar-refractivity contribution in [1.29, 1.82) is 5.26 Å². The lowest BCUT2D eigenvalue weighted by Crippen LogP contribution is -2.41. The molecule has 0 radical (unpaired) electrons. The van der Waals surface area contributed by atoms with Crippen LogP contribution in [0.4, 0.5) is 0 Å². The first-order valence-electron chi connectivity index (χ1n) is 11.9. The third-order valence-corrected chi connectivity index (χ3v) is 7.12. The fourth-order valence-corrected chi connectivity index (χ4v) is 5.38. The molecule has 1 N–H and O–H groups in total. The maximum atomic E-state index is 12.2. The van der Waals surface area contributed by atoms with Gasteiger partial charge < -0.3 is 14.2 Å². The van der Waals surface area contributed by atoms with E-state index in [9.17, 15) is 5.11 Å². The number of aliphatic hydroxyl groups is 1. The lowest BCUT2D eigenvalue weighted by atomic mass is 9.73. The van der Waals surface area contributed by atoms with E-state index in [-0.39, 0.29) is 5.92 Å². The number of hydrogen-bond acceptors (Lipinski definition) is 3. The molecule has 5 heteroatoms. The number of quaternary nitrogens is 1. The van der Waals surface area contributed by atoms with Crippen LogP contribution in [0.3, 0.4) is 0 Å². The van der Waals surface area contributed by atoms with Gasteiger partial charge in [-0.2, -0.15) is 5.26 Å². The summed E-state index contributed by atoms with van der Waals surface area (Å²) in [6.45, 7) is 1.64. The summed E-state index contributed by atoms with van der Waals surface area (Å²) in [5, 5.41) is 21.3. The Bertz CT molecular complexity index is 1110. The maximum Gasteiger partial charge on any atom is 0.150 e. The van der Waals surface area contributed by atoms with Crippen molar-refractivity contribution in [2.45, 2.75) is 50.8 Å². The fourth-order valence-electron chi connectivity index (χ4n) is 5.38. The predicted octanol–water partition coefficient (Wildman–Crippen LogP) is 4.88. The van der Waals surface area contributed by atoms with Crippen molar-refractivity contribution in [2.24, 2.45) is 13.0 Å². The van der Waals surface area contributed by atoms with Crippen LogP contribution in [0, 0.1) is 17.2 Å². The van der Waals surface area contributed by atoms with Crippen LogP contribution in [0.15, 0.2) is 60.8 Å². The van der Waals surface area contributed by atoms with Crippen molar-refractivity contribution in [3.8, 4) is 6.07 Å². The van der Waals surface area contributed by atoms with Crippen molar-refractivity contribution in [3.63, 3.8) is 0 Å². The van der Waals surface area contributed by atoms with Crippen LogP contribution in [-0.4, -0.2) is 33.2 Å². The Hall–Kier alpha value is -2.94. The Kier molecular flexibility index (Phi) is 6.69.